The second kappa shape index (κ2) is 8.58. The summed E-state index contributed by atoms with van der Waals surface area (Å²) in [6.45, 7) is 1.21. The number of hydrogen-bond donors (Lipinski definition) is 1. The molecule has 1 fully saturated rings. The summed E-state index contributed by atoms with van der Waals surface area (Å²) >= 11 is 0. The van der Waals surface area contributed by atoms with E-state index >= 15 is 0 Å². The number of carbonyl (C=O) groups excluding carboxylic acids is 1. The van der Waals surface area contributed by atoms with Crippen molar-refractivity contribution >= 4 is 27.3 Å². The summed E-state index contributed by atoms with van der Waals surface area (Å²) in [5.41, 5.74) is 0.349. The molecule has 1 saturated heterocycles. The molecule has 0 radical (unpaired) electrons. The molecular weight excluding hydrogens is 398 g/mol. The average Bonchev–Trinajstić information content (AvgIpc) is 3.21. The summed E-state index contributed by atoms with van der Waals surface area (Å²) < 4.78 is 32.8. The number of carbonyl (C=O) groups is 1. The lowest BCUT2D eigenvalue weighted by atomic mass is 10.1. The quantitative estimate of drug-likeness (QED) is 0.544. The van der Waals surface area contributed by atoms with Crippen LogP contribution >= 0.6 is 0 Å². The maximum Gasteiger partial charge on any atom is 0.270 e. The van der Waals surface area contributed by atoms with Crippen molar-refractivity contribution in [2.75, 3.05) is 24.9 Å². The highest BCUT2D eigenvalue weighted by atomic mass is 32.2. The molecule has 0 aromatic heterocycles. The van der Waals surface area contributed by atoms with Gasteiger partial charge in [0.2, 0.25) is 0 Å². The van der Waals surface area contributed by atoms with E-state index in [2.05, 4.69) is 4.72 Å². The van der Waals surface area contributed by atoms with Crippen LogP contribution in [0.15, 0.2) is 53.4 Å². The van der Waals surface area contributed by atoms with Crippen LogP contribution in [0, 0.1) is 10.1 Å². The Morgan fingerprint density at radius 1 is 1.28 bits per heavy atom. The average molecular weight is 419 g/mol. The number of nitro groups is 1. The highest BCUT2D eigenvalue weighted by Gasteiger charge is 2.21. The van der Waals surface area contributed by atoms with Crippen molar-refractivity contribution in [3.05, 3.63) is 64.2 Å². The Balaban J connectivity index is 1.68. The fourth-order valence-electron chi connectivity index (χ4n) is 3.06. The third-order valence-electron chi connectivity index (χ3n) is 4.57. The van der Waals surface area contributed by atoms with Gasteiger partial charge in [-0.05, 0) is 43.2 Å². The Morgan fingerprint density at radius 3 is 2.62 bits per heavy atom. The van der Waals surface area contributed by atoms with Crippen LogP contribution in [-0.4, -0.2) is 50.5 Å². The molecule has 1 N–H and O–H groups in total. The molecule has 3 rings (SSSR count). The summed E-state index contributed by atoms with van der Waals surface area (Å²) in [5, 5.41) is 10.9. The number of non-ortho nitro benzene ring substituents is 1. The molecule has 0 bridgehead atoms. The van der Waals surface area contributed by atoms with Crippen LogP contribution in [0.3, 0.4) is 0 Å². The number of benzene rings is 2. The fourth-order valence-corrected chi connectivity index (χ4v) is 4.15. The molecule has 1 unspecified atom stereocenters. The minimum Gasteiger partial charge on any atom is -0.376 e. The summed E-state index contributed by atoms with van der Waals surface area (Å²) in [5.74, 6) is -0.186. The van der Waals surface area contributed by atoms with E-state index in [0.717, 1.165) is 18.9 Å². The molecule has 0 aliphatic carbocycles. The number of nitrogens with one attached hydrogen (secondary N) is 1. The number of anilines is 1. The molecular formula is C19H21N3O6S. The minimum absolute atomic E-state index is 0.0463. The van der Waals surface area contributed by atoms with Crippen LogP contribution < -0.4 is 4.72 Å². The van der Waals surface area contributed by atoms with Crippen molar-refractivity contribution in [2.24, 2.45) is 0 Å². The van der Waals surface area contributed by atoms with Crippen molar-refractivity contribution in [2.45, 2.75) is 23.8 Å². The maximum absolute atomic E-state index is 12.5. The molecule has 10 heteroatoms. The highest BCUT2D eigenvalue weighted by molar-refractivity contribution is 7.92. The first-order valence-electron chi connectivity index (χ1n) is 9.01. The van der Waals surface area contributed by atoms with Gasteiger partial charge in [-0.3, -0.25) is 19.6 Å². The fraction of sp³-hybridized carbons (Fsp3) is 0.316. The Bertz CT molecular complexity index is 1000. The second-order valence-corrected chi connectivity index (χ2v) is 8.44. The van der Waals surface area contributed by atoms with Crippen LogP contribution in [0.4, 0.5) is 11.4 Å². The van der Waals surface area contributed by atoms with Gasteiger partial charge in [0.1, 0.15) is 0 Å². The predicted molar refractivity (Wildman–Crippen MR) is 106 cm³/mol. The van der Waals surface area contributed by atoms with Crippen LogP contribution in [0.1, 0.15) is 23.2 Å². The monoisotopic (exact) mass is 419 g/mol. The number of likely N-dealkylation sites (N-methyl/N-ethyl adjacent to an activating group) is 1. The lowest BCUT2D eigenvalue weighted by Gasteiger charge is -2.21. The van der Waals surface area contributed by atoms with Crippen LogP contribution in [0.5, 0.6) is 0 Å². The van der Waals surface area contributed by atoms with Gasteiger partial charge in [-0.2, -0.15) is 0 Å². The number of nitrogens with zero attached hydrogens (tertiary/aromatic N) is 2. The van der Waals surface area contributed by atoms with Gasteiger partial charge in [0.15, 0.2) is 0 Å². The van der Waals surface area contributed by atoms with Gasteiger partial charge < -0.3 is 9.64 Å². The highest BCUT2D eigenvalue weighted by Crippen LogP contribution is 2.21. The van der Waals surface area contributed by atoms with E-state index in [1.807, 2.05) is 0 Å². The number of amides is 1. The molecule has 1 aliphatic rings. The van der Waals surface area contributed by atoms with Gasteiger partial charge in [-0.1, -0.05) is 6.07 Å². The molecule has 29 heavy (non-hydrogen) atoms. The normalized spacial score (nSPS) is 16.4. The van der Waals surface area contributed by atoms with E-state index in [9.17, 15) is 23.3 Å². The molecule has 2 aromatic carbocycles. The zero-order valence-corrected chi connectivity index (χ0v) is 16.6. The molecule has 0 saturated carbocycles. The zero-order valence-electron chi connectivity index (χ0n) is 15.8. The van der Waals surface area contributed by atoms with Gasteiger partial charge in [0.25, 0.3) is 21.6 Å². The molecule has 1 amide bonds. The van der Waals surface area contributed by atoms with Crippen LogP contribution in [-0.2, 0) is 14.8 Å². The molecule has 154 valence electrons. The molecule has 1 heterocycles. The minimum atomic E-state index is -4.00. The van der Waals surface area contributed by atoms with Gasteiger partial charge in [0, 0.05) is 43.6 Å². The Morgan fingerprint density at radius 2 is 2.00 bits per heavy atom. The summed E-state index contributed by atoms with van der Waals surface area (Å²) in [6.07, 6.45) is 1.97. The first-order valence-corrected chi connectivity index (χ1v) is 10.5. The smallest absolute Gasteiger partial charge is 0.270 e. The summed E-state index contributed by atoms with van der Waals surface area (Å²) in [4.78, 5) is 24.1. The van der Waals surface area contributed by atoms with Crippen molar-refractivity contribution in [3.63, 3.8) is 0 Å². The summed E-state index contributed by atoms with van der Waals surface area (Å²) in [6, 6.07) is 10.8. The van der Waals surface area contributed by atoms with Crippen molar-refractivity contribution in [1.29, 1.82) is 0 Å². The topological polar surface area (TPSA) is 119 Å². The molecule has 9 nitrogen and oxygen atoms in total. The Hall–Kier alpha value is -2.98. The third-order valence-corrected chi connectivity index (χ3v) is 5.95. The first-order chi connectivity index (χ1) is 13.8. The first kappa shape index (κ1) is 20.7. The molecule has 2 aromatic rings. The van der Waals surface area contributed by atoms with Gasteiger partial charge in [0.05, 0.1) is 15.9 Å². The van der Waals surface area contributed by atoms with Crippen LogP contribution in [0.25, 0.3) is 0 Å². The van der Waals surface area contributed by atoms with Crippen LogP contribution in [0.2, 0.25) is 0 Å². The van der Waals surface area contributed by atoms with Gasteiger partial charge >= 0.3 is 0 Å². The van der Waals surface area contributed by atoms with Gasteiger partial charge in [-0.25, -0.2) is 8.42 Å². The largest absolute Gasteiger partial charge is 0.376 e. The Labute approximate surface area is 168 Å². The SMILES string of the molecule is CN(CC1CCCO1)C(=O)c1ccc(NS(=O)(=O)c2cccc([N+](=O)[O-])c2)cc1. The van der Waals surface area contributed by atoms with E-state index in [1.54, 1.807) is 11.9 Å². The standard InChI is InChI=1S/C19H21N3O6S/c1-21(13-17-5-3-11-28-17)19(23)14-7-9-15(10-8-14)20-29(26,27)18-6-2-4-16(12-18)22(24)25/h2,4,6-10,12,17,20H,3,5,11,13H2,1H3. The number of ether oxygens (including phenoxy) is 1. The van der Waals surface area contributed by atoms with Crippen molar-refractivity contribution < 1.29 is 22.9 Å². The van der Waals surface area contributed by atoms with Crippen molar-refractivity contribution in [1.82, 2.24) is 4.90 Å². The molecule has 1 atom stereocenters. The van der Waals surface area contributed by atoms with Gasteiger partial charge in [-0.15, -0.1) is 0 Å². The summed E-state index contributed by atoms with van der Waals surface area (Å²) in [7, 11) is -2.30. The van der Waals surface area contributed by atoms with E-state index < -0.39 is 14.9 Å². The van der Waals surface area contributed by atoms with E-state index in [1.165, 1.54) is 42.5 Å². The lowest BCUT2D eigenvalue weighted by Crippen LogP contribution is -2.34. The number of sulfonamides is 1. The number of rotatable bonds is 7. The maximum atomic E-state index is 12.5. The predicted octanol–water partition coefficient (Wildman–Crippen LogP) is 2.65. The molecule has 0 spiro atoms. The zero-order chi connectivity index (χ0) is 21.0. The number of hydrogen-bond acceptors (Lipinski definition) is 6. The Kier molecular flexibility index (Phi) is 6.14. The van der Waals surface area contributed by atoms with Crippen molar-refractivity contribution in [3.8, 4) is 0 Å². The molecule has 1 aliphatic heterocycles. The van der Waals surface area contributed by atoms with E-state index in [-0.39, 0.29) is 28.3 Å². The third kappa shape index (κ3) is 5.09. The number of nitro benzene ring substituents is 1. The van der Waals surface area contributed by atoms with E-state index in [4.69, 9.17) is 4.74 Å². The second-order valence-electron chi connectivity index (χ2n) is 6.76. The lowest BCUT2D eigenvalue weighted by molar-refractivity contribution is -0.385. The van der Waals surface area contributed by atoms with E-state index in [0.29, 0.717) is 18.7 Å².